The number of nitrogens with one attached hydrogen (secondary N) is 1. The number of para-hydroxylation sites is 1. The molecule has 2 aromatic rings. The number of rotatable bonds is 7. The molecule has 1 saturated heterocycles. The van der Waals surface area contributed by atoms with Crippen LogP contribution in [0.2, 0.25) is 0 Å². The van der Waals surface area contributed by atoms with E-state index >= 15 is 0 Å². The standard InChI is InChI=1S/C26H34N2O2/c1-29-23-9-3-2-8-20(23)21-18-22(21)27-16-13-25(24-10-4-7-15-28-24)14-17-30-26(19-25)11-5-6-12-26/h2-4,7-10,15,21-22,27H,5-6,11-14,16-19H2,1H3/t21-,22+,25+/m0/s1. The molecule has 1 aliphatic heterocycles. The summed E-state index contributed by atoms with van der Waals surface area (Å²) in [6.45, 7) is 1.90. The van der Waals surface area contributed by atoms with E-state index < -0.39 is 0 Å². The van der Waals surface area contributed by atoms with Crippen LogP contribution >= 0.6 is 0 Å². The number of hydrogen-bond donors (Lipinski definition) is 1. The molecule has 4 heteroatoms. The van der Waals surface area contributed by atoms with E-state index in [0.29, 0.717) is 12.0 Å². The second-order valence-electron chi connectivity index (χ2n) is 9.56. The predicted octanol–water partition coefficient (Wildman–Crippen LogP) is 4.99. The minimum atomic E-state index is 0.0926. The largest absolute Gasteiger partial charge is 0.496 e. The molecular weight excluding hydrogens is 372 g/mol. The molecule has 1 N–H and O–H groups in total. The molecule has 30 heavy (non-hydrogen) atoms. The van der Waals surface area contributed by atoms with Crippen molar-refractivity contribution in [2.24, 2.45) is 0 Å². The zero-order valence-electron chi connectivity index (χ0n) is 18.1. The van der Waals surface area contributed by atoms with Crippen molar-refractivity contribution in [2.45, 2.75) is 74.3 Å². The normalized spacial score (nSPS) is 29.8. The molecular formula is C26H34N2O2. The monoisotopic (exact) mass is 406 g/mol. The van der Waals surface area contributed by atoms with Gasteiger partial charge in [-0.25, -0.2) is 0 Å². The van der Waals surface area contributed by atoms with Crippen molar-refractivity contribution in [3.63, 3.8) is 0 Å². The van der Waals surface area contributed by atoms with Gasteiger partial charge in [-0.15, -0.1) is 0 Å². The highest BCUT2D eigenvalue weighted by molar-refractivity contribution is 5.40. The zero-order chi connectivity index (χ0) is 20.4. The Hall–Kier alpha value is -1.91. The lowest BCUT2D eigenvalue weighted by molar-refractivity contribution is -0.104. The third-order valence-electron chi connectivity index (χ3n) is 7.71. The van der Waals surface area contributed by atoms with E-state index in [0.717, 1.165) is 38.2 Å². The molecule has 1 aromatic heterocycles. The summed E-state index contributed by atoms with van der Waals surface area (Å²) in [4.78, 5) is 4.83. The average molecular weight is 407 g/mol. The van der Waals surface area contributed by atoms with Gasteiger partial charge in [0.2, 0.25) is 0 Å². The molecule has 0 amide bonds. The number of pyridine rings is 1. The maximum Gasteiger partial charge on any atom is 0.122 e. The molecule has 3 fully saturated rings. The van der Waals surface area contributed by atoms with Crippen LogP contribution in [0, 0.1) is 0 Å². The van der Waals surface area contributed by atoms with Gasteiger partial charge in [0.15, 0.2) is 0 Å². The lowest BCUT2D eigenvalue weighted by atomic mass is 9.68. The van der Waals surface area contributed by atoms with Crippen molar-refractivity contribution >= 4 is 0 Å². The van der Waals surface area contributed by atoms with Gasteiger partial charge in [0, 0.05) is 35.9 Å². The van der Waals surface area contributed by atoms with Gasteiger partial charge in [0.25, 0.3) is 0 Å². The molecule has 3 atom stereocenters. The maximum atomic E-state index is 6.38. The van der Waals surface area contributed by atoms with Crippen molar-refractivity contribution in [1.82, 2.24) is 10.3 Å². The van der Waals surface area contributed by atoms with E-state index in [2.05, 4.69) is 35.6 Å². The molecule has 5 rings (SSSR count). The summed E-state index contributed by atoms with van der Waals surface area (Å²) in [7, 11) is 1.77. The Morgan fingerprint density at radius 3 is 2.73 bits per heavy atom. The van der Waals surface area contributed by atoms with E-state index in [1.54, 1.807) is 7.11 Å². The van der Waals surface area contributed by atoms with Gasteiger partial charge in [-0.1, -0.05) is 37.1 Å². The highest BCUT2D eigenvalue weighted by Gasteiger charge is 2.48. The Morgan fingerprint density at radius 1 is 1.10 bits per heavy atom. The summed E-state index contributed by atoms with van der Waals surface area (Å²) in [5.74, 6) is 1.59. The number of methoxy groups -OCH3 is 1. The number of benzene rings is 1. The molecule has 1 spiro atoms. The second kappa shape index (κ2) is 8.32. The summed E-state index contributed by atoms with van der Waals surface area (Å²) in [5.41, 5.74) is 2.83. The van der Waals surface area contributed by atoms with Crippen LogP contribution in [0.3, 0.4) is 0 Å². The topological polar surface area (TPSA) is 43.4 Å². The van der Waals surface area contributed by atoms with Crippen molar-refractivity contribution < 1.29 is 9.47 Å². The van der Waals surface area contributed by atoms with Crippen molar-refractivity contribution in [3.05, 3.63) is 59.9 Å². The fourth-order valence-electron chi connectivity index (χ4n) is 6.03. The molecule has 160 valence electrons. The summed E-state index contributed by atoms with van der Waals surface area (Å²) < 4.78 is 12.0. The average Bonchev–Trinajstić information content (AvgIpc) is 3.44. The third kappa shape index (κ3) is 3.88. The highest BCUT2D eigenvalue weighted by atomic mass is 16.5. The van der Waals surface area contributed by atoms with Crippen LogP contribution in [-0.2, 0) is 10.2 Å². The zero-order valence-corrected chi connectivity index (χ0v) is 18.1. The molecule has 1 aromatic carbocycles. The number of hydrogen-bond acceptors (Lipinski definition) is 4. The van der Waals surface area contributed by atoms with Crippen LogP contribution in [0.4, 0.5) is 0 Å². The molecule has 3 aliphatic rings. The van der Waals surface area contributed by atoms with Crippen LogP contribution < -0.4 is 10.1 Å². The molecule has 4 nitrogen and oxygen atoms in total. The SMILES string of the molecule is COc1ccccc1[C@@H]1C[C@H]1NCC[C@@]1(c2ccccn2)CCOC2(CCCC2)C1. The predicted molar refractivity (Wildman–Crippen MR) is 119 cm³/mol. The summed E-state index contributed by atoms with van der Waals surface area (Å²) in [5, 5.41) is 3.85. The van der Waals surface area contributed by atoms with Gasteiger partial charge in [-0.2, -0.15) is 0 Å². The molecule has 0 unspecified atom stereocenters. The van der Waals surface area contributed by atoms with Gasteiger partial charge >= 0.3 is 0 Å². The van der Waals surface area contributed by atoms with Crippen LogP contribution in [0.25, 0.3) is 0 Å². The van der Waals surface area contributed by atoms with Crippen molar-refractivity contribution in [3.8, 4) is 5.75 Å². The van der Waals surface area contributed by atoms with Gasteiger partial charge in [0.1, 0.15) is 5.75 Å². The molecule has 0 bridgehead atoms. The smallest absolute Gasteiger partial charge is 0.122 e. The summed E-state index contributed by atoms with van der Waals surface area (Å²) in [6.07, 6.45) is 11.5. The Morgan fingerprint density at radius 2 is 1.93 bits per heavy atom. The Labute approximate surface area is 180 Å². The van der Waals surface area contributed by atoms with Crippen molar-refractivity contribution in [1.29, 1.82) is 0 Å². The Kier molecular flexibility index (Phi) is 5.55. The highest BCUT2D eigenvalue weighted by Crippen LogP contribution is 2.50. The van der Waals surface area contributed by atoms with E-state index in [-0.39, 0.29) is 11.0 Å². The first-order valence-electron chi connectivity index (χ1n) is 11.7. The van der Waals surface area contributed by atoms with Crippen molar-refractivity contribution in [2.75, 3.05) is 20.3 Å². The van der Waals surface area contributed by atoms with Gasteiger partial charge in [0.05, 0.1) is 12.7 Å². The lowest BCUT2D eigenvalue weighted by Gasteiger charge is -2.46. The first-order valence-corrected chi connectivity index (χ1v) is 11.7. The Bertz CT molecular complexity index is 849. The van der Waals surface area contributed by atoms with Crippen LogP contribution in [0.1, 0.15) is 68.5 Å². The van der Waals surface area contributed by atoms with E-state index in [9.17, 15) is 0 Å². The Balaban J connectivity index is 1.27. The molecule has 2 saturated carbocycles. The third-order valence-corrected chi connectivity index (χ3v) is 7.71. The first kappa shape index (κ1) is 20.0. The van der Waals surface area contributed by atoms with Crippen LogP contribution in [-0.4, -0.2) is 36.9 Å². The number of nitrogens with zero attached hydrogens (tertiary/aromatic N) is 1. The fraction of sp³-hybridized carbons (Fsp3) is 0.577. The van der Waals surface area contributed by atoms with Gasteiger partial charge in [-0.3, -0.25) is 4.98 Å². The quantitative estimate of drug-likeness (QED) is 0.704. The van der Waals surface area contributed by atoms with Crippen LogP contribution in [0.5, 0.6) is 5.75 Å². The fourth-order valence-corrected chi connectivity index (χ4v) is 6.03. The summed E-state index contributed by atoms with van der Waals surface area (Å²) in [6, 6.07) is 15.4. The molecule has 0 radical (unpaired) electrons. The second-order valence-corrected chi connectivity index (χ2v) is 9.56. The molecule has 2 heterocycles. The minimum Gasteiger partial charge on any atom is -0.496 e. The minimum absolute atomic E-state index is 0.0926. The van der Waals surface area contributed by atoms with Gasteiger partial charge < -0.3 is 14.8 Å². The summed E-state index contributed by atoms with van der Waals surface area (Å²) >= 11 is 0. The maximum absolute atomic E-state index is 6.38. The van der Waals surface area contributed by atoms with E-state index in [1.165, 1.54) is 43.4 Å². The van der Waals surface area contributed by atoms with Crippen LogP contribution in [0.15, 0.2) is 48.7 Å². The van der Waals surface area contributed by atoms with E-state index in [4.69, 9.17) is 14.5 Å². The van der Waals surface area contributed by atoms with Gasteiger partial charge in [-0.05, 0) is 68.8 Å². The lowest BCUT2D eigenvalue weighted by Crippen LogP contribution is -2.47. The molecule has 2 aliphatic carbocycles. The number of aromatic nitrogens is 1. The van der Waals surface area contributed by atoms with E-state index in [1.807, 2.05) is 18.3 Å². The first-order chi connectivity index (χ1) is 14.7. The number of ether oxygens (including phenoxy) is 2.